The topological polar surface area (TPSA) is 73.1 Å². The van der Waals surface area contributed by atoms with E-state index in [0.29, 0.717) is 31.2 Å². The van der Waals surface area contributed by atoms with Crippen LogP contribution in [0.2, 0.25) is 0 Å². The number of nitrogens with zero attached hydrogens (tertiary/aromatic N) is 1. The fourth-order valence-electron chi connectivity index (χ4n) is 3.38. The standard InChI is InChI=1S/C15H15FN2O2/c16-11-3-1-2-10(12(11)19)13-15(14(20)18-13)6-4-9(8-17)5-7-15/h1-3,9,13,19H,4-7H2,(H,18,20). The highest BCUT2D eigenvalue weighted by Gasteiger charge is 2.57. The molecule has 20 heavy (non-hydrogen) atoms. The van der Waals surface area contributed by atoms with Gasteiger partial charge in [0.05, 0.1) is 17.5 Å². The molecule has 1 heterocycles. The predicted octanol–water partition coefficient (Wildman–Crippen LogP) is 2.40. The lowest BCUT2D eigenvalue weighted by Crippen LogP contribution is -2.62. The second-order valence-electron chi connectivity index (χ2n) is 5.64. The summed E-state index contributed by atoms with van der Waals surface area (Å²) in [6.07, 6.45) is 2.57. The van der Waals surface area contributed by atoms with Crippen molar-refractivity contribution in [2.75, 3.05) is 0 Å². The van der Waals surface area contributed by atoms with E-state index in [9.17, 15) is 14.3 Å². The Morgan fingerprint density at radius 2 is 2.10 bits per heavy atom. The van der Waals surface area contributed by atoms with Crippen LogP contribution in [0.4, 0.5) is 4.39 Å². The Bertz CT molecular complexity index is 600. The molecular weight excluding hydrogens is 259 g/mol. The summed E-state index contributed by atoms with van der Waals surface area (Å²) in [5.41, 5.74) is -0.154. The van der Waals surface area contributed by atoms with Crippen molar-refractivity contribution in [2.45, 2.75) is 31.7 Å². The number of aromatic hydroxyl groups is 1. The second-order valence-corrected chi connectivity index (χ2v) is 5.64. The minimum absolute atomic E-state index is 0.00391. The number of halogens is 1. The van der Waals surface area contributed by atoms with Crippen LogP contribution >= 0.6 is 0 Å². The summed E-state index contributed by atoms with van der Waals surface area (Å²) < 4.78 is 13.5. The Balaban J connectivity index is 1.90. The van der Waals surface area contributed by atoms with Crippen molar-refractivity contribution in [3.63, 3.8) is 0 Å². The van der Waals surface area contributed by atoms with Gasteiger partial charge in [-0.25, -0.2) is 4.39 Å². The number of carbonyl (C=O) groups is 1. The lowest BCUT2D eigenvalue weighted by atomic mass is 9.60. The number of nitriles is 1. The molecule has 0 radical (unpaired) electrons. The maximum Gasteiger partial charge on any atom is 0.229 e. The fraction of sp³-hybridized carbons (Fsp3) is 0.467. The number of para-hydroxylation sites is 1. The van der Waals surface area contributed by atoms with Crippen LogP contribution in [0.3, 0.4) is 0 Å². The first-order valence-electron chi connectivity index (χ1n) is 6.76. The molecule has 1 aromatic carbocycles. The summed E-state index contributed by atoms with van der Waals surface area (Å²) in [7, 11) is 0. The van der Waals surface area contributed by atoms with Gasteiger partial charge in [-0.3, -0.25) is 4.79 Å². The summed E-state index contributed by atoms with van der Waals surface area (Å²) in [6.45, 7) is 0. The van der Waals surface area contributed by atoms with Gasteiger partial charge >= 0.3 is 0 Å². The highest BCUT2D eigenvalue weighted by atomic mass is 19.1. The van der Waals surface area contributed by atoms with Gasteiger partial charge in [-0.15, -0.1) is 0 Å². The van der Waals surface area contributed by atoms with Crippen molar-refractivity contribution in [2.24, 2.45) is 11.3 Å². The van der Waals surface area contributed by atoms with E-state index in [0.717, 1.165) is 0 Å². The summed E-state index contributed by atoms with van der Waals surface area (Å²) in [6, 6.07) is 6.25. The van der Waals surface area contributed by atoms with Gasteiger partial charge in [-0.1, -0.05) is 12.1 Å². The molecular formula is C15H15FN2O2. The number of phenols is 1. The third-order valence-corrected chi connectivity index (χ3v) is 4.67. The van der Waals surface area contributed by atoms with Gasteiger partial charge in [-0.05, 0) is 31.7 Å². The Morgan fingerprint density at radius 1 is 1.40 bits per heavy atom. The average Bonchev–Trinajstić information content (AvgIpc) is 2.48. The molecule has 1 aromatic rings. The van der Waals surface area contributed by atoms with Crippen molar-refractivity contribution in [1.82, 2.24) is 5.32 Å². The molecule has 0 bridgehead atoms. The maximum atomic E-state index is 13.5. The molecule has 1 aliphatic carbocycles. The minimum atomic E-state index is -0.676. The van der Waals surface area contributed by atoms with E-state index < -0.39 is 11.2 Å². The third kappa shape index (κ3) is 1.68. The summed E-state index contributed by atoms with van der Waals surface area (Å²) in [5.74, 6) is -1.12. The van der Waals surface area contributed by atoms with Gasteiger partial charge in [0.1, 0.15) is 0 Å². The van der Waals surface area contributed by atoms with Crippen LogP contribution in [0.25, 0.3) is 0 Å². The molecule has 2 fully saturated rings. The number of hydrogen-bond acceptors (Lipinski definition) is 3. The molecule has 1 unspecified atom stereocenters. The first kappa shape index (κ1) is 12.9. The smallest absolute Gasteiger partial charge is 0.229 e. The van der Waals surface area contributed by atoms with Crippen LogP contribution in [0.5, 0.6) is 5.75 Å². The first-order chi connectivity index (χ1) is 9.58. The quantitative estimate of drug-likeness (QED) is 0.772. The van der Waals surface area contributed by atoms with Crippen LogP contribution < -0.4 is 5.32 Å². The van der Waals surface area contributed by atoms with Crippen LogP contribution in [-0.2, 0) is 4.79 Å². The van der Waals surface area contributed by atoms with Gasteiger partial charge in [0.2, 0.25) is 5.91 Å². The SMILES string of the molecule is N#CC1CCC2(CC1)C(=O)NC2c1cccc(F)c1O. The van der Waals surface area contributed by atoms with Crippen molar-refractivity contribution >= 4 is 5.91 Å². The highest BCUT2D eigenvalue weighted by molar-refractivity contribution is 5.91. The van der Waals surface area contributed by atoms with Crippen LogP contribution in [-0.4, -0.2) is 11.0 Å². The number of benzene rings is 1. The lowest BCUT2D eigenvalue weighted by Gasteiger charge is -2.51. The molecule has 5 heteroatoms. The lowest BCUT2D eigenvalue weighted by molar-refractivity contribution is -0.150. The molecule has 1 saturated heterocycles. The molecule has 2 aliphatic rings. The number of phenolic OH excluding ortho intramolecular Hbond substituents is 1. The van der Waals surface area contributed by atoms with E-state index in [-0.39, 0.29) is 23.6 Å². The van der Waals surface area contributed by atoms with Crippen LogP contribution in [0.1, 0.15) is 37.3 Å². The zero-order valence-corrected chi connectivity index (χ0v) is 10.9. The predicted molar refractivity (Wildman–Crippen MR) is 69.0 cm³/mol. The fourth-order valence-corrected chi connectivity index (χ4v) is 3.38. The number of β-lactam (4-membered cyclic amide) rings is 1. The summed E-state index contributed by atoms with van der Waals surface area (Å²) in [5, 5.41) is 21.6. The van der Waals surface area contributed by atoms with Crippen molar-refractivity contribution in [3.8, 4) is 11.8 Å². The Hall–Kier alpha value is -2.09. The maximum absolute atomic E-state index is 13.5. The van der Waals surface area contributed by atoms with Gasteiger partial charge in [0.25, 0.3) is 0 Å². The van der Waals surface area contributed by atoms with Gasteiger partial charge in [0.15, 0.2) is 11.6 Å². The summed E-state index contributed by atoms with van der Waals surface area (Å²) in [4.78, 5) is 12.0. The molecule has 3 rings (SSSR count). The molecule has 0 aromatic heterocycles. The zero-order chi connectivity index (χ0) is 14.3. The van der Waals surface area contributed by atoms with E-state index >= 15 is 0 Å². The Labute approximate surface area is 116 Å². The van der Waals surface area contributed by atoms with Crippen molar-refractivity contribution < 1.29 is 14.3 Å². The molecule has 4 nitrogen and oxygen atoms in total. The van der Waals surface area contributed by atoms with Crippen LogP contribution in [0, 0.1) is 28.5 Å². The monoisotopic (exact) mass is 274 g/mol. The van der Waals surface area contributed by atoms with Gasteiger partial charge in [-0.2, -0.15) is 5.26 Å². The van der Waals surface area contributed by atoms with Gasteiger partial charge < -0.3 is 10.4 Å². The Morgan fingerprint density at radius 3 is 2.70 bits per heavy atom. The number of nitrogens with one attached hydrogen (secondary N) is 1. The first-order valence-corrected chi connectivity index (χ1v) is 6.76. The molecule has 1 amide bonds. The normalized spacial score (nSPS) is 32.3. The van der Waals surface area contributed by atoms with E-state index in [1.54, 1.807) is 6.07 Å². The second kappa shape index (κ2) is 4.48. The summed E-state index contributed by atoms with van der Waals surface area (Å²) >= 11 is 0. The van der Waals surface area contributed by atoms with Crippen molar-refractivity contribution in [1.29, 1.82) is 5.26 Å². The molecule has 1 atom stereocenters. The molecule has 1 saturated carbocycles. The van der Waals surface area contributed by atoms with Crippen LogP contribution in [0.15, 0.2) is 18.2 Å². The minimum Gasteiger partial charge on any atom is -0.505 e. The van der Waals surface area contributed by atoms with E-state index in [2.05, 4.69) is 11.4 Å². The highest BCUT2D eigenvalue weighted by Crippen LogP contribution is 2.54. The number of hydrogen-bond donors (Lipinski definition) is 2. The third-order valence-electron chi connectivity index (χ3n) is 4.67. The largest absolute Gasteiger partial charge is 0.505 e. The number of amides is 1. The van der Waals surface area contributed by atoms with E-state index in [1.807, 2.05) is 0 Å². The number of rotatable bonds is 1. The molecule has 1 spiro atoms. The van der Waals surface area contributed by atoms with E-state index in [1.165, 1.54) is 12.1 Å². The van der Waals surface area contributed by atoms with E-state index in [4.69, 9.17) is 5.26 Å². The van der Waals surface area contributed by atoms with Crippen molar-refractivity contribution in [3.05, 3.63) is 29.6 Å². The molecule has 1 aliphatic heterocycles. The average molecular weight is 274 g/mol. The number of carbonyl (C=O) groups excluding carboxylic acids is 1. The zero-order valence-electron chi connectivity index (χ0n) is 10.9. The van der Waals surface area contributed by atoms with Gasteiger partial charge in [0, 0.05) is 11.5 Å². The molecule has 2 N–H and O–H groups in total. The molecule has 104 valence electrons. The Kier molecular flexibility index (Phi) is 2.89.